The number of benzene rings is 1. The minimum atomic E-state index is -3.57. The summed E-state index contributed by atoms with van der Waals surface area (Å²) in [6.07, 6.45) is 0.179. The van der Waals surface area contributed by atoms with E-state index in [-0.39, 0.29) is 10.8 Å². The molecule has 1 heterocycles. The molecule has 0 saturated carbocycles. The number of nitrogens with one attached hydrogen (secondary N) is 1. The number of hydrogen-bond donors (Lipinski definition) is 3. The van der Waals surface area contributed by atoms with Crippen molar-refractivity contribution in [2.45, 2.75) is 24.3 Å². The molecule has 1 aliphatic rings. The Balaban J connectivity index is 2.29. The summed E-state index contributed by atoms with van der Waals surface area (Å²) in [5.74, 6) is 5.34. The van der Waals surface area contributed by atoms with E-state index in [1.54, 1.807) is 25.1 Å². The lowest BCUT2D eigenvalue weighted by Crippen LogP contribution is -2.31. The van der Waals surface area contributed by atoms with Gasteiger partial charge in [-0.15, -0.1) is 0 Å². The van der Waals surface area contributed by atoms with Crippen LogP contribution >= 0.6 is 0 Å². The lowest BCUT2D eigenvalue weighted by Gasteiger charge is -2.19. The van der Waals surface area contributed by atoms with Crippen LogP contribution in [0.2, 0.25) is 0 Å². The minimum Gasteiger partial charge on any atom is -0.393 e. The minimum absolute atomic E-state index is 0.00669. The van der Waals surface area contributed by atoms with E-state index < -0.39 is 16.1 Å². The number of nitrogens with zero attached hydrogens (tertiary/aromatic N) is 1. The molecule has 7 heteroatoms. The van der Waals surface area contributed by atoms with E-state index in [4.69, 9.17) is 5.84 Å². The standard InChI is InChI=1S/C12H19N3O3S/c1-9(16)10-6-7-15(8-10)19(17,18)12-5-3-2-4-11(12)14-13/h2-5,9-10,14,16H,6-8,13H2,1H3. The second-order valence-corrected chi connectivity index (χ2v) is 6.70. The number of aliphatic hydroxyl groups excluding tert-OH is 1. The van der Waals surface area contributed by atoms with Crippen LogP contribution in [0.25, 0.3) is 0 Å². The van der Waals surface area contributed by atoms with Gasteiger partial charge >= 0.3 is 0 Å². The number of anilines is 1. The van der Waals surface area contributed by atoms with Gasteiger partial charge in [0.15, 0.2) is 0 Å². The molecule has 0 spiro atoms. The van der Waals surface area contributed by atoms with E-state index in [0.717, 1.165) is 0 Å². The molecule has 2 rings (SSSR count). The lowest BCUT2D eigenvalue weighted by molar-refractivity contribution is 0.133. The SMILES string of the molecule is CC(O)C1CCN(S(=O)(=O)c2ccccc2NN)C1. The fourth-order valence-electron chi connectivity index (χ4n) is 2.32. The van der Waals surface area contributed by atoms with Crippen LogP contribution < -0.4 is 11.3 Å². The Bertz CT molecular complexity index is 545. The summed E-state index contributed by atoms with van der Waals surface area (Å²) in [6.45, 7) is 2.46. The van der Waals surface area contributed by atoms with Crippen molar-refractivity contribution in [3.63, 3.8) is 0 Å². The number of hydrazine groups is 1. The molecule has 4 N–H and O–H groups in total. The predicted molar refractivity (Wildman–Crippen MR) is 72.8 cm³/mol. The van der Waals surface area contributed by atoms with Gasteiger partial charge in [0, 0.05) is 13.1 Å². The molecule has 6 nitrogen and oxygen atoms in total. The summed E-state index contributed by atoms with van der Waals surface area (Å²) >= 11 is 0. The highest BCUT2D eigenvalue weighted by Gasteiger charge is 2.35. The van der Waals surface area contributed by atoms with E-state index in [2.05, 4.69) is 5.43 Å². The molecular formula is C12H19N3O3S. The van der Waals surface area contributed by atoms with Gasteiger partial charge in [0.05, 0.1) is 11.8 Å². The average molecular weight is 285 g/mol. The second kappa shape index (κ2) is 5.46. The van der Waals surface area contributed by atoms with Crippen molar-refractivity contribution >= 4 is 15.7 Å². The van der Waals surface area contributed by atoms with Crippen molar-refractivity contribution in [1.82, 2.24) is 4.31 Å². The van der Waals surface area contributed by atoms with Crippen LogP contribution in [0.3, 0.4) is 0 Å². The maximum atomic E-state index is 12.5. The van der Waals surface area contributed by atoms with E-state index >= 15 is 0 Å². The smallest absolute Gasteiger partial charge is 0.245 e. The summed E-state index contributed by atoms with van der Waals surface area (Å²) in [5, 5.41) is 9.55. The maximum absolute atomic E-state index is 12.5. The Morgan fingerprint density at radius 1 is 1.47 bits per heavy atom. The molecule has 1 fully saturated rings. The zero-order chi connectivity index (χ0) is 14.0. The molecule has 0 radical (unpaired) electrons. The van der Waals surface area contributed by atoms with Crippen molar-refractivity contribution in [2.24, 2.45) is 11.8 Å². The van der Waals surface area contributed by atoms with Gasteiger partial charge in [0.1, 0.15) is 4.90 Å². The number of sulfonamides is 1. The topological polar surface area (TPSA) is 95.7 Å². The Hall–Kier alpha value is -1.15. The molecule has 0 aliphatic carbocycles. The zero-order valence-corrected chi connectivity index (χ0v) is 11.6. The lowest BCUT2D eigenvalue weighted by atomic mass is 10.0. The zero-order valence-electron chi connectivity index (χ0n) is 10.8. The highest BCUT2D eigenvalue weighted by Crippen LogP contribution is 2.29. The summed E-state index contributed by atoms with van der Waals surface area (Å²) in [7, 11) is -3.57. The van der Waals surface area contributed by atoms with Crippen molar-refractivity contribution in [3.8, 4) is 0 Å². The molecule has 1 aromatic carbocycles. The second-order valence-electron chi connectivity index (χ2n) is 4.79. The van der Waals surface area contributed by atoms with Crippen molar-refractivity contribution < 1.29 is 13.5 Å². The molecule has 0 aromatic heterocycles. The van der Waals surface area contributed by atoms with Crippen LogP contribution in [0, 0.1) is 5.92 Å². The molecule has 106 valence electrons. The largest absolute Gasteiger partial charge is 0.393 e. The number of nitrogen functional groups attached to an aromatic ring is 1. The fraction of sp³-hybridized carbons (Fsp3) is 0.500. The van der Waals surface area contributed by atoms with E-state index in [0.29, 0.717) is 25.2 Å². The fourth-order valence-corrected chi connectivity index (χ4v) is 3.98. The maximum Gasteiger partial charge on any atom is 0.245 e. The van der Waals surface area contributed by atoms with E-state index in [9.17, 15) is 13.5 Å². The van der Waals surface area contributed by atoms with Gasteiger partial charge in [-0.1, -0.05) is 12.1 Å². The molecule has 1 aliphatic heterocycles. The number of rotatable bonds is 4. The molecule has 1 saturated heterocycles. The average Bonchev–Trinajstić information content (AvgIpc) is 2.89. The molecule has 2 atom stereocenters. The van der Waals surface area contributed by atoms with E-state index in [1.807, 2.05) is 0 Å². The third-order valence-corrected chi connectivity index (χ3v) is 5.45. The first-order chi connectivity index (χ1) is 8.96. The first kappa shape index (κ1) is 14.3. The Morgan fingerprint density at radius 3 is 2.74 bits per heavy atom. The quantitative estimate of drug-likeness (QED) is 0.548. The molecule has 0 amide bonds. The first-order valence-corrected chi connectivity index (χ1v) is 7.64. The normalized spacial score (nSPS) is 22.4. The van der Waals surface area contributed by atoms with Gasteiger partial charge in [0.25, 0.3) is 0 Å². The summed E-state index contributed by atoms with van der Waals surface area (Å²) < 4.78 is 26.5. The Kier molecular flexibility index (Phi) is 4.10. The van der Waals surface area contributed by atoms with Crippen molar-refractivity contribution in [2.75, 3.05) is 18.5 Å². The van der Waals surface area contributed by atoms with Crippen LogP contribution in [0.5, 0.6) is 0 Å². The number of aliphatic hydroxyl groups is 1. The number of para-hydroxylation sites is 1. The monoisotopic (exact) mass is 285 g/mol. The predicted octanol–water partition coefficient (Wildman–Crippen LogP) is 0.364. The molecular weight excluding hydrogens is 266 g/mol. The number of nitrogens with two attached hydrogens (primary N) is 1. The third-order valence-electron chi connectivity index (χ3n) is 3.53. The summed E-state index contributed by atoms with van der Waals surface area (Å²) in [4.78, 5) is 0.170. The van der Waals surface area contributed by atoms with Crippen molar-refractivity contribution in [1.29, 1.82) is 0 Å². The summed E-state index contributed by atoms with van der Waals surface area (Å²) in [5.41, 5.74) is 2.78. The molecule has 19 heavy (non-hydrogen) atoms. The van der Waals surface area contributed by atoms with Gasteiger partial charge in [0.2, 0.25) is 10.0 Å². The van der Waals surface area contributed by atoms with Crippen LogP contribution in [0.4, 0.5) is 5.69 Å². The van der Waals surface area contributed by atoms with Gasteiger partial charge in [-0.05, 0) is 31.4 Å². The molecule has 2 unspecified atom stereocenters. The van der Waals surface area contributed by atoms with Gasteiger partial charge in [-0.25, -0.2) is 8.42 Å². The van der Waals surface area contributed by atoms with Gasteiger partial charge in [-0.2, -0.15) is 4.31 Å². The van der Waals surface area contributed by atoms with E-state index in [1.165, 1.54) is 10.4 Å². The van der Waals surface area contributed by atoms with Crippen LogP contribution in [0.1, 0.15) is 13.3 Å². The first-order valence-electron chi connectivity index (χ1n) is 6.20. The van der Waals surface area contributed by atoms with Crippen LogP contribution in [0.15, 0.2) is 29.2 Å². The molecule has 0 bridgehead atoms. The summed E-state index contributed by atoms with van der Waals surface area (Å²) in [6, 6.07) is 6.53. The van der Waals surface area contributed by atoms with Gasteiger partial charge in [-0.3, -0.25) is 5.84 Å². The molecule has 1 aromatic rings. The van der Waals surface area contributed by atoms with Crippen molar-refractivity contribution in [3.05, 3.63) is 24.3 Å². The Morgan fingerprint density at radius 2 is 2.16 bits per heavy atom. The number of hydrogen-bond acceptors (Lipinski definition) is 5. The highest BCUT2D eigenvalue weighted by molar-refractivity contribution is 7.89. The van der Waals surface area contributed by atoms with Gasteiger partial charge < -0.3 is 10.5 Å². The Labute approximate surface area is 113 Å². The third kappa shape index (κ3) is 2.74. The van der Waals surface area contributed by atoms with Crippen LogP contribution in [-0.2, 0) is 10.0 Å². The van der Waals surface area contributed by atoms with Crippen LogP contribution in [-0.4, -0.2) is 37.0 Å². The highest BCUT2D eigenvalue weighted by atomic mass is 32.2.